The number of nitrogens with zero attached hydrogens (tertiary/aromatic N) is 3. The van der Waals surface area contributed by atoms with E-state index in [-0.39, 0.29) is 10.8 Å². The Balaban J connectivity index is 2.13. The van der Waals surface area contributed by atoms with E-state index in [1.54, 1.807) is 4.90 Å². The van der Waals surface area contributed by atoms with E-state index in [1.165, 1.54) is 29.6 Å². The van der Waals surface area contributed by atoms with Crippen molar-refractivity contribution in [2.24, 2.45) is 5.84 Å². The van der Waals surface area contributed by atoms with Crippen LogP contribution in [0.2, 0.25) is 0 Å². The van der Waals surface area contributed by atoms with Crippen LogP contribution in [0.15, 0.2) is 23.2 Å². The number of hydrogen-bond donors (Lipinski definition) is 2. The highest BCUT2D eigenvalue weighted by atomic mass is 32.2. The Labute approximate surface area is 117 Å². The van der Waals surface area contributed by atoms with Gasteiger partial charge in [-0.25, -0.2) is 19.2 Å². The largest absolute Gasteiger partial charge is 0.340 e. The van der Waals surface area contributed by atoms with E-state index in [0.29, 0.717) is 32.0 Å². The van der Waals surface area contributed by atoms with Gasteiger partial charge < -0.3 is 10.3 Å². The van der Waals surface area contributed by atoms with Crippen molar-refractivity contribution in [1.29, 1.82) is 0 Å². The number of piperazine rings is 1. The summed E-state index contributed by atoms with van der Waals surface area (Å²) < 4.78 is 26.1. The molecule has 20 heavy (non-hydrogen) atoms. The minimum absolute atomic E-state index is 0.0397. The number of nitrogens with two attached hydrogens (primary N) is 1. The van der Waals surface area contributed by atoms with Crippen molar-refractivity contribution in [2.75, 3.05) is 31.6 Å². The predicted octanol–water partition coefficient (Wildman–Crippen LogP) is -0.780. The van der Waals surface area contributed by atoms with Crippen molar-refractivity contribution in [3.05, 3.63) is 18.3 Å². The predicted molar refractivity (Wildman–Crippen MR) is 73.1 cm³/mol. The molecule has 0 saturated carbocycles. The van der Waals surface area contributed by atoms with Crippen LogP contribution in [0.5, 0.6) is 0 Å². The summed E-state index contributed by atoms with van der Waals surface area (Å²) >= 11 is 0. The Hall–Kier alpha value is -1.71. The van der Waals surface area contributed by atoms with Gasteiger partial charge in [-0.3, -0.25) is 4.79 Å². The molecule has 0 aromatic carbocycles. The number of hydrazine groups is 1. The molecule has 0 aliphatic carbocycles. The fourth-order valence-corrected chi connectivity index (χ4v) is 3.38. The number of amides is 1. The quantitative estimate of drug-likeness (QED) is 0.560. The highest BCUT2D eigenvalue weighted by Crippen LogP contribution is 2.17. The van der Waals surface area contributed by atoms with Crippen molar-refractivity contribution < 1.29 is 13.2 Å². The SMILES string of the molecule is CC(=O)N1CCN(S(=O)(=O)c2ccc(NN)nc2)CC1. The van der Waals surface area contributed by atoms with Gasteiger partial charge in [-0.05, 0) is 12.1 Å². The number of rotatable bonds is 3. The minimum Gasteiger partial charge on any atom is -0.340 e. The van der Waals surface area contributed by atoms with E-state index >= 15 is 0 Å². The first-order chi connectivity index (χ1) is 9.45. The standard InChI is InChI=1S/C11H17N5O3S/c1-9(17)15-4-6-16(7-5-15)20(18,19)10-2-3-11(14-12)13-8-10/h2-3,8H,4-7,12H2,1H3,(H,13,14). The van der Waals surface area contributed by atoms with Crippen molar-refractivity contribution >= 4 is 21.7 Å². The highest BCUT2D eigenvalue weighted by molar-refractivity contribution is 7.89. The molecule has 1 aromatic rings. The third-order valence-electron chi connectivity index (χ3n) is 3.21. The van der Waals surface area contributed by atoms with E-state index in [2.05, 4.69) is 10.4 Å². The molecule has 9 heteroatoms. The Morgan fingerprint density at radius 1 is 1.30 bits per heavy atom. The number of carbonyl (C=O) groups is 1. The van der Waals surface area contributed by atoms with Crippen LogP contribution in [0, 0.1) is 0 Å². The first-order valence-corrected chi connectivity index (χ1v) is 7.57. The second kappa shape index (κ2) is 5.73. The summed E-state index contributed by atoms with van der Waals surface area (Å²) in [6.07, 6.45) is 1.27. The molecule has 0 radical (unpaired) electrons. The molecule has 0 unspecified atom stereocenters. The van der Waals surface area contributed by atoms with Crippen LogP contribution in [-0.2, 0) is 14.8 Å². The lowest BCUT2D eigenvalue weighted by atomic mass is 10.3. The average molecular weight is 299 g/mol. The smallest absolute Gasteiger partial charge is 0.244 e. The monoisotopic (exact) mass is 299 g/mol. The van der Waals surface area contributed by atoms with Crippen molar-refractivity contribution in [1.82, 2.24) is 14.2 Å². The highest BCUT2D eigenvalue weighted by Gasteiger charge is 2.29. The number of anilines is 1. The normalized spacial score (nSPS) is 17.0. The topological polar surface area (TPSA) is 109 Å². The fraction of sp³-hybridized carbons (Fsp3) is 0.455. The molecule has 1 saturated heterocycles. The maximum absolute atomic E-state index is 12.4. The molecular weight excluding hydrogens is 282 g/mol. The molecule has 0 atom stereocenters. The summed E-state index contributed by atoms with van der Waals surface area (Å²) in [4.78, 5) is 16.9. The zero-order chi connectivity index (χ0) is 14.8. The Morgan fingerprint density at radius 2 is 1.95 bits per heavy atom. The summed E-state index contributed by atoms with van der Waals surface area (Å²) in [7, 11) is -3.57. The number of pyridine rings is 1. The first kappa shape index (κ1) is 14.7. The number of hydrogen-bond acceptors (Lipinski definition) is 6. The Kier molecular flexibility index (Phi) is 4.21. The molecule has 3 N–H and O–H groups in total. The van der Waals surface area contributed by atoms with Crippen molar-refractivity contribution in [3.8, 4) is 0 Å². The van der Waals surface area contributed by atoms with Gasteiger partial charge in [-0.15, -0.1) is 0 Å². The number of sulfonamides is 1. The van der Waals surface area contributed by atoms with Gasteiger partial charge in [0.25, 0.3) is 0 Å². The second-order valence-electron chi connectivity index (χ2n) is 4.43. The molecule has 8 nitrogen and oxygen atoms in total. The lowest BCUT2D eigenvalue weighted by molar-refractivity contribution is -0.129. The van der Waals surface area contributed by atoms with Gasteiger partial charge >= 0.3 is 0 Å². The molecule has 1 fully saturated rings. The molecule has 0 spiro atoms. The zero-order valence-electron chi connectivity index (χ0n) is 11.1. The van der Waals surface area contributed by atoms with Gasteiger partial charge in [0, 0.05) is 39.3 Å². The Morgan fingerprint density at radius 3 is 2.40 bits per heavy atom. The molecule has 2 heterocycles. The first-order valence-electron chi connectivity index (χ1n) is 6.13. The molecule has 110 valence electrons. The molecule has 1 aliphatic heterocycles. The van der Waals surface area contributed by atoms with Crippen LogP contribution in [-0.4, -0.2) is 54.7 Å². The number of nitrogen functional groups attached to an aromatic ring is 1. The average Bonchev–Trinajstić information content (AvgIpc) is 2.47. The van der Waals surface area contributed by atoms with E-state index in [0.717, 1.165) is 0 Å². The molecule has 2 rings (SSSR count). The Bertz CT molecular complexity index is 579. The van der Waals surface area contributed by atoms with Crippen molar-refractivity contribution in [2.45, 2.75) is 11.8 Å². The van der Waals surface area contributed by atoms with Crippen LogP contribution in [0.4, 0.5) is 5.82 Å². The second-order valence-corrected chi connectivity index (χ2v) is 6.37. The maximum Gasteiger partial charge on any atom is 0.244 e. The van der Waals surface area contributed by atoms with E-state index < -0.39 is 10.0 Å². The van der Waals surface area contributed by atoms with Crippen LogP contribution < -0.4 is 11.3 Å². The maximum atomic E-state index is 12.4. The lowest BCUT2D eigenvalue weighted by Gasteiger charge is -2.33. The summed E-state index contributed by atoms with van der Waals surface area (Å²) in [5, 5.41) is 0. The van der Waals surface area contributed by atoms with Crippen LogP contribution >= 0.6 is 0 Å². The third-order valence-corrected chi connectivity index (χ3v) is 5.09. The van der Waals surface area contributed by atoms with Gasteiger partial charge in [0.15, 0.2) is 0 Å². The molecule has 1 aromatic heterocycles. The summed E-state index contributed by atoms with van der Waals surface area (Å²) in [5.41, 5.74) is 2.34. The number of aromatic nitrogens is 1. The van der Waals surface area contributed by atoms with Crippen LogP contribution in [0.25, 0.3) is 0 Å². The molecule has 1 aliphatic rings. The summed E-state index contributed by atoms with van der Waals surface area (Å²) in [5.74, 6) is 5.54. The van der Waals surface area contributed by atoms with Crippen LogP contribution in [0.3, 0.4) is 0 Å². The van der Waals surface area contributed by atoms with Gasteiger partial charge in [0.05, 0.1) is 0 Å². The molecule has 1 amide bonds. The van der Waals surface area contributed by atoms with Gasteiger partial charge in [-0.1, -0.05) is 0 Å². The summed E-state index contributed by atoms with van der Waals surface area (Å²) in [6, 6.07) is 2.95. The van der Waals surface area contributed by atoms with E-state index in [1.807, 2.05) is 0 Å². The lowest BCUT2D eigenvalue weighted by Crippen LogP contribution is -2.49. The van der Waals surface area contributed by atoms with E-state index in [9.17, 15) is 13.2 Å². The van der Waals surface area contributed by atoms with Gasteiger partial charge in [0.2, 0.25) is 15.9 Å². The number of nitrogens with one attached hydrogen (secondary N) is 1. The van der Waals surface area contributed by atoms with Crippen LogP contribution in [0.1, 0.15) is 6.92 Å². The fourth-order valence-electron chi connectivity index (χ4n) is 2.01. The van der Waals surface area contributed by atoms with Gasteiger partial charge in [0.1, 0.15) is 10.7 Å². The third kappa shape index (κ3) is 2.89. The zero-order valence-corrected chi connectivity index (χ0v) is 11.9. The van der Waals surface area contributed by atoms with Gasteiger partial charge in [-0.2, -0.15) is 4.31 Å². The van der Waals surface area contributed by atoms with E-state index in [4.69, 9.17) is 5.84 Å². The number of carbonyl (C=O) groups excluding carboxylic acids is 1. The minimum atomic E-state index is -3.57. The summed E-state index contributed by atoms with van der Waals surface area (Å²) in [6.45, 7) is 2.87. The molecule has 0 bridgehead atoms. The molecular formula is C11H17N5O3S. The van der Waals surface area contributed by atoms with Crippen molar-refractivity contribution in [3.63, 3.8) is 0 Å².